The van der Waals surface area contributed by atoms with E-state index in [2.05, 4.69) is 155 Å². The van der Waals surface area contributed by atoms with Crippen molar-refractivity contribution >= 4 is 50.8 Å². The van der Waals surface area contributed by atoms with Gasteiger partial charge in [0.2, 0.25) is 35.2 Å². The third kappa shape index (κ3) is 17.7. The summed E-state index contributed by atoms with van der Waals surface area (Å²) in [5, 5.41) is 43.4. The van der Waals surface area contributed by atoms with Gasteiger partial charge in [0.05, 0.1) is 16.6 Å². The molecule has 0 fully saturated rings. The van der Waals surface area contributed by atoms with Crippen molar-refractivity contribution in [3.8, 4) is 67.5 Å². The number of fused-ring (bicyclic) bond motifs is 3. The molecule has 9 heterocycles. The summed E-state index contributed by atoms with van der Waals surface area (Å²) in [6.45, 7) is 7.90. The molecule has 0 saturated carbocycles. The van der Waals surface area contributed by atoms with E-state index in [1.54, 1.807) is 60.9 Å². The number of hydrogen-bond donors (Lipinski definition) is 3. The monoisotopic (exact) mass is 1530 g/mol. The van der Waals surface area contributed by atoms with Gasteiger partial charge in [-0.05, 0) is 103 Å². The molecule has 15 aromatic rings. The van der Waals surface area contributed by atoms with Crippen LogP contribution in [0.1, 0.15) is 93.5 Å². The molecule has 30 heteroatoms. The van der Waals surface area contributed by atoms with Gasteiger partial charge in [0.15, 0.2) is 0 Å². The minimum absolute atomic E-state index is 0.00820. The van der Waals surface area contributed by atoms with Crippen molar-refractivity contribution in [2.75, 3.05) is 42.3 Å². The number of rotatable bonds is 27. The van der Waals surface area contributed by atoms with E-state index >= 15 is 0 Å². The van der Waals surface area contributed by atoms with Gasteiger partial charge in [0.1, 0.15) is 53.7 Å². The lowest BCUT2D eigenvalue weighted by atomic mass is 9.98. The SMILES string of the molecule is CCCCc1nc2ccn(CC(=O)N(C)C)c(=O)c2n1Cc1ccc(-c2ccccc2-c2nn[nH]n2)cc1.CCCCc1nc2ccn(CC(=O)N(C)C)c(=O)c2n1Cc1ccc(-c2ccccc2-c2nn[nH]n2)cc1.CCCCc1nc2ccn(CC(=O)N(C)C)c(=O)c2n1Cc1ccc(-c2ccccc2-c2nn[nH]n2)cc1. The van der Waals surface area contributed by atoms with Crippen LogP contribution in [0, 0.1) is 0 Å². The number of imidazole rings is 3. The van der Waals surface area contributed by atoms with E-state index in [0.29, 0.717) is 70.2 Å². The summed E-state index contributed by atoms with van der Waals surface area (Å²) in [4.78, 5) is 96.2. The van der Waals surface area contributed by atoms with E-state index in [4.69, 9.17) is 15.0 Å². The van der Waals surface area contributed by atoms with Crippen molar-refractivity contribution in [1.82, 2.24) is 119 Å². The first kappa shape index (κ1) is 78.3. The highest BCUT2D eigenvalue weighted by atomic mass is 16.2. The van der Waals surface area contributed by atoms with Gasteiger partial charge in [0.25, 0.3) is 16.7 Å². The van der Waals surface area contributed by atoms with Crippen LogP contribution in [0.4, 0.5) is 0 Å². The average Bonchev–Trinajstić information content (AvgIpc) is 1.62. The van der Waals surface area contributed by atoms with Gasteiger partial charge in [0, 0.05) is 116 Å². The number of likely N-dealkylation sites (N-methyl/N-ethyl adjacent to an activating group) is 3. The molecule has 0 atom stereocenters. The van der Waals surface area contributed by atoms with Gasteiger partial charge in [-0.3, -0.25) is 28.8 Å². The number of aryl methyl sites for hydroxylation is 3. The molecule has 582 valence electrons. The molecule has 0 saturated heterocycles. The molecule has 30 nitrogen and oxygen atoms in total. The smallest absolute Gasteiger partial charge is 0.277 e. The lowest BCUT2D eigenvalue weighted by Crippen LogP contribution is -2.31. The van der Waals surface area contributed by atoms with Gasteiger partial charge in [-0.15, -0.1) is 30.6 Å². The van der Waals surface area contributed by atoms with Crippen LogP contribution < -0.4 is 16.7 Å². The Labute approximate surface area is 656 Å². The van der Waals surface area contributed by atoms with Crippen LogP contribution in [0.2, 0.25) is 0 Å². The number of nitrogens with one attached hydrogen (secondary N) is 3. The molecule has 3 N–H and O–H groups in total. The number of aromatic nitrogens is 21. The third-order valence-corrected chi connectivity index (χ3v) is 19.9. The summed E-state index contributed by atoms with van der Waals surface area (Å²) in [5.41, 5.74) is 14.8. The fraction of sp³-hybridized carbons (Fsp3) is 0.286. The van der Waals surface area contributed by atoms with E-state index in [1.165, 1.54) is 28.4 Å². The average molecular weight is 1530 g/mol. The zero-order chi connectivity index (χ0) is 79.9. The lowest BCUT2D eigenvalue weighted by molar-refractivity contribution is -0.130. The van der Waals surface area contributed by atoms with Crippen LogP contribution in [-0.4, -0.2) is 179 Å². The number of nitrogens with zero attached hydrogens (tertiary/aromatic N) is 21. The minimum atomic E-state index is -0.210. The number of benzene rings is 6. The Morgan fingerprint density at radius 3 is 0.825 bits per heavy atom. The maximum Gasteiger partial charge on any atom is 0.277 e. The minimum Gasteiger partial charge on any atom is -0.347 e. The van der Waals surface area contributed by atoms with Crippen molar-refractivity contribution in [3.05, 3.63) is 248 Å². The molecule has 0 aliphatic rings. The zero-order valence-corrected chi connectivity index (χ0v) is 65.3. The molecule has 0 radical (unpaired) electrons. The quantitative estimate of drug-likeness (QED) is 0.0430. The normalized spacial score (nSPS) is 11.2. The topological polar surface area (TPSA) is 344 Å². The fourth-order valence-electron chi connectivity index (χ4n) is 13.5. The Bertz CT molecular complexity index is 5430. The molecule has 0 bridgehead atoms. The molecular weight excluding hydrogens is 1440 g/mol. The lowest BCUT2D eigenvalue weighted by Gasteiger charge is -2.13. The van der Waals surface area contributed by atoms with Crippen molar-refractivity contribution in [2.24, 2.45) is 0 Å². The fourth-order valence-corrected chi connectivity index (χ4v) is 13.5. The molecule has 0 unspecified atom stereocenters. The Kier molecular flexibility index (Phi) is 24.7. The standard InChI is InChI=1S/3C28H30N8O2/c3*1-4-5-10-24-29-23-15-16-35(18-25(37)34(2)3)28(38)26(23)36(24)17-19-11-13-20(14-12-19)21-8-6-7-9-22(21)27-30-32-33-31-27/h3*6-9,11-16H,4-5,10,17-18H2,1-3H3,(H,30,31,32,33). The number of amides is 3. The second-order valence-corrected chi connectivity index (χ2v) is 28.4. The van der Waals surface area contributed by atoms with Gasteiger partial charge < -0.3 is 42.1 Å². The van der Waals surface area contributed by atoms with E-state index in [9.17, 15) is 28.8 Å². The predicted octanol–water partition coefficient (Wildman–Crippen LogP) is 10.6. The summed E-state index contributed by atoms with van der Waals surface area (Å²) in [6, 6.07) is 54.0. The number of aromatic amines is 3. The van der Waals surface area contributed by atoms with Gasteiger partial charge in [-0.1, -0.05) is 186 Å². The highest BCUT2D eigenvalue weighted by Gasteiger charge is 2.23. The molecule has 6 aromatic carbocycles. The van der Waals surface area contributed by atoms with Crippen LogP contribution in [0.25, 0.3) is 101 Å². The van der Waals surface area contributed by atoms with Crippen molar-refractivity contribution < 1.29 is 14.4 Å². The highest BCUT2D eigenvalue weighted by Crippen LogP contribution is 2.34. The number of carbonyl (C=O) groups is 3. The Morgan fingerprint density at radius 2 is 0.596 bits per heavy atom. The first-order valence-electron chi connectivity index (χ1n) is 38.0. The first-order valence-corrected chi connectivity index (χ1v) is 38.0. The highest BCUT2D eigenvalue weighted by molar-refractivity contribution is 5.84. The maximum atomic E-state index is 13.5. The molecule has 0 spiro atoms. The Balaban J connectivity index is 0.000000149. The summed E-state index contributed by atoms with van der Waals surface area (Å²) in [6.07, 6.45) is 13.3. The van der Waals surface area contributed by atoms with Crippen molar-refractivity contribution in [2.45, 2.75) is 118 Å². The van der Waals surface area contributed by atoms with Crippen molar-refractivity contribution in [3.63, 3.8) is 0 Å². The summed E-state index contributed by atoms with van der Waals surface area (Å²) < 4.78 is 10.4. The van der Waals surface area contributed by atoms with Crippen LogP contribution in [0.3, 0.4) is 0 Å². The second kappa shape index (κ2) is 35.9. The first-order chi connectivity index (χ1) is 55.4. The van der Waals surface area contributed by atoms with Crippen LogP contribution in [0.5, 0.6) is 0 Å². The summed E-state index contributed by atoms with van der Waals surface area (Å²) in [5.74, 6) is 3.84. The molecule has 0 aliphatic heterocycles. The molecule has 9 aromatic heterocycles. The van der Waals surface area contributed by atoms with E-state index in [0.717, 1.165) is 142 Å². The van der Waals surface area contributed by atoms with E-state index < -0.39 is 0 Å². The molecular formula is C84H90N24O6. The number of hydrogen-bond acceptors (Lipinski definition) is 18. The van der Waals surface area contributed by atoms with Crippen molar-refractivity contribution in [1.29, 1.82) is 0 Å². The summed E-state index contributed by atoms with van der Waals surface area (Å²) in [7, 11) is 10.1. The van der Waals surface area contributed by atoms with Gasteiger partial charge in [-0.25, -0.2) is 15.0 Å². The summed E-state index contributed by atoms with van der Waals surface area (Å²) >= 11 is 0. The Morgan fingerprint density at radius 1 is 0.342 bits per heavy atom. The van der Waals surface area contributed by atoms with Gasteiger partial charge >= 0.3 is 0 Å². The van der Waals surface area contributed by atoms with Crippen LogP contribution in [0.15, 0.2) is 197 Å². The largest absolute Gasteiger partial charge is 0.347 e. The van der Waals surface area contributed by atoms with Crippen LogP contribution in [-0.2, 0) is 72.9 Å². The number of tetrazole rings is 3. The third-order valence-electron chi connectivity index (χ3n) is 19.9. The van der Waals surface area contributed by atoms with E-state index in [-0.39, 0.29) is 54.0 Å². The number of carbonyl (C=O) groups excluding carboxylic acids is 3. The zero-order valence-electron chi connectivity index (χ0n) is 65.3. The van der Waals surface area contributed by atoms with E-state index in [1.807, 2.05) is 105 Å². The molecule has 3 amide bonds. The number of unbranched alkanes of at least 4 members (excludes halogenated alkanes) is 3. The number of pyridine rings is 3. The molecule has 15 rings (SSSR count). The second-order valence-electron chi connectivity index (χ2n) is 28.4. The molecule has 0 aliphatic carbocycles. The Hall–Kier alpha value is -13.8. The van der Waals surface area contributed by atoms with Gasteiger partial charge in [-0.2, -0.15) is 15.6 Å². The predicted molar refractivity (Wildman–Crippen MR) is 436 cm³/mol. The maximum absolute atomic E-state index is 13.5. The molecule has 114 heavy (non-hydrogen) atoms. The van der Waals surface area contributed by atoms with Crippen LogP contribution >= 0.6 is 0 Å². The number of H-pyrrole nitrogens is 3.